The highest BCUT2D eigenvalue weighted by molar-refractivity contribution is 5.96. The monoisotopic (exact) mass is 264 g/mol. The van der Waals surface area contributed by atoms with Crippen molar-refractivity contribution in [3.63, 3.8) is 0 Å². The van der Waals surface area contributed by atoms with Crippen molar-refractivity contribution in [2.45, 2.75) is 12.8 Å². The number of nitrogens with zero attached hydrogens (tertiary/aromatic N) is 2. The van der Waals surface area contributed by atoms with Gasteiger partial charge >= 0.3 is 0 Å². The van der Waals surface area contributed by atoms with Crippen LogP contribution in [0.4, 0.5) is 0 Å². The highest BCUT2D eigenvalue weighted by atomic mass is 16.5. The number of likely N-dealkylation sites (tertiary alicyclic amines) is 1. The van der Waals surface area contributed by atoms with E-state index in [4.69, 9.17) is 9.84 Å². The van der Waals surface area contributed by atoms with Crippen LogP contribution in [-0.4, -0.2) is 54.1 Å². The molecule has 1 aliphatic rings. The van der Waals surface area contributed by atoms with E-state index in [1.165, 1.54) is 0 Å². The SMILES string of the molecule is CN1CCC(C(=O)c2cccc(OCCO)n2)CC1. The minimum Gasteiger partial charge on any atom is -0.475 e. The number of aliphatic hydroxyl groups is 1. The third kappa shape index (κ3) is 3.75. The number of hydrogen-bond donors (Lipinski definition) is 1. The number of aromatic nitrogens is 1. The van der Waals surface area contributed by atoms with Crippen molar-refractivity contribution >= 4 is 5.78 Å². The van der Waals surface area contributed by atoms with Gasteiger partial charge in [0.1, 0.15) is 12.3 Å². The van der Waals surface area contributed by atoms with Crippen molar-refractivity contribution in [2.75, 3.05) is 33.4 Å². The topological polar surface area (TPSA) is 62.7 Å². The molecular weight excluding hydrogens is 244 g/mol. The van der Waals surface area contributed by atoms with Crippen molar-refractivity contribution in [2.24, 2.45) is 5.92 Å². The molecule has 1 aliphatic heterocycles. The fourth-order valence-corrected chi connectivity index (χ4v) is 2.26. The molecule has 1 aromatic heterocycles. The number of ketones is 1. The molecule has 0 radical (unpaired) electrons. The van der Waals surface area contributed by atoms with Gasteiger partial charge in [0.15, 0.2) is 5.78 Å². The average Bonchev–Trinajstić information content (AvgIpc) is 2.45. The molecule has 2 heterocycles. The van der Waals surface area contributed by atoms with Crippen LogP contribution in [-0.2, 0) is 0 Å². The second kappa shape index (κ2) is 6.63. The van der Waals surface area contributed by atoms with Gasteiger partial charge in [-0.15, -0.1) is 0 Å². The molecule has 0 saturated carbocycles. The summed E-state index contributed by atoms with van der Waals surface area (Å²) in [4.78, 5) is 18.8. The summed E-state index contributed by atoms with van der Waals surface area (Å²) in [7, 11) is 2.07. The van der Waals surface area contributed by atoms with Gasteiger partial charge in [-0.25, -0.2) is 4.98 Å². The van der Waals surface area contributed by atoms with E-state index >= 15 is 0 Å². The normalized spacial score (nSPS) is 17.4. The summed E-state index contributed by atoms with van der Waals surface area (Å²) >= 11 is 0. The molecule has 0 unspecified atom stereocenters. The molecule has 0 bridgehead atoms. The number of hydrogen-bond acceptors (Lipinski definition) is 5. The van der Waals surface area contributed by atoms with Gasteiger partial charge in [0.25, 0.3) is 0 Å². The highest BCUT2D eigenvalue weighted by Gasteiger charge is 2.25. The van der Waals surface area contributed by atoms with E-state index in [1.807, 2.05) is 0 Å². The van der Waals surface area contributed by atoms with Gasteiger partial charge in [-0.3, -0.25) is 4.79 Å². The molecule has 5 nitrogen and oxygen atoms in total. The summed E-state index contributed by atoms with van der Waals surface area (Å²) in [6.45, 7) is 2.04. The molecule has 5 heteroatoms. The Morgan fingerprint density at radius 3 is 2.89 bits per heavy atom. The summed E-state index contributed by atoms with van der Waals surface area (Å²) in [5, 5.41) is 8.71. The van der Waals surface area contributed by atoms with Gasteiger partial charge in [0.05, 0.1) is 6.61 Å². The molecule has 0 amide bonds. The summed E-state index contributed by atoms with van der Waals surface area (Å²) in [5.74, 6) is 0.562. The number of Topliss-reactive ketones (excluding diaryl/α,β-unsaturated/α-hetero) is 1. The Hall–Kier alpha value is -1.46. The second-order valence-corrected chi connectivity index (χ2v) is 4.87. The van der Waals surface area contributed by atoms with Crippen LogP contribution in [0.2, 0.25) is 0 Å². The smallest absolute Gasteiger partial charge is 0.213 e. The molecule has 0 aliphatic carbocycles. The Morgan fingerprint density at radius 2 is 2.21 bits per heavy atom. The van der Waals surface area contributed by atoms with Crippen molar-refractivity contribution in [3.05, 3.63) is 23.9 Å². The fraction of sp³-hybridized carbons (Fsp3) is 0.571. The van der Waals surface area contributed by atoms with Crippen LogP contribution in [0.5, 0.6) is 5.88 Å². The number of rotatable bonds is 5. The van der Waals surface area contributed by atoms with E-state index in [2.05, 4.69) is 16.9 Å². The maximum Gasteiger partial charge on any atom is 0.213 e. The van der Waals surface area contributed by atoms with Gasteiger partial charge in [0, 0.05) is 12.0 Å². The van der Waals surface area contributed by atoms with E-state index in [0.717, 1.165) is 25.9 Å². The predicted molar refractivity (Wildman–Crippen MR) is 71.4 cm³/mol. The lowest BCUT2D eigenvalue weighted by molar-refractivity contribution is 0.0850. The molecule has 1 aromatic rings. The second-order valence-electron chi connectivity index (χ2n) is 4.87. The lowest BCUT2D eigenvalue weighted by Gasteiger charge is -2.27. The summed E-state index contributed by atoms with van der Waals surface area (Å²) in [6, 6.07) is 5.19. The van der Waals surface area contributed by atoms with E-state index in [-0.39, 0.29) is 24.9 Å². The van der Waals surface area contributed by atoms with Crippen LogP contribution in [0.15, 0.2) is 18.2 Å². The molecule has 1 fully saturated rings. The number of aliphatic hydroxyl groups excluding tert-OH is 1. The molecule has 0 atom stereocenters. The summed E-state index contributed by atoms with van der Waals surface area (Å²) in [6.07, 6.45) is 1.78. The van der Waals surface area contributed by atoms with Crippen molar-refractivity contribution in [1.82, 2.24) is 9.88 Å². The van der Waals surface area contributed by atoms with E-state index in [1.54, 1.807) is 18.2 Å². The largest absolute Gasteiger partial charge is 0.475 e. The number of ether oxygens (including phenoxy) is 1. The van der Waals surface area contributed by atoms with E-state index in [9.17, 15) is 4.79 Å². The maximum atomic E-state index is 12.3. The zero-order chi connectivity index (χ0) is 13.7. The number of pyridine rings is 1. The molecule has 19 heavy (non-hydrogen) atoms. The molecule has 0 spiro atoms. The first-order chi connectivity index (χ1) is 9.20. The molecule has 1 N–H and O–H groups in total. The quantitative estimate of drug-likeness (QED) is 0.803. The zero-order valence-electron chi connectivity index (χ0n) is 11.2. The van der Waals surface area contributed by atoms with Crippen LogP contribution in [0.25, 0.3) is 0 Å². The minimum absolute atomic E-state index is 0.0607. The standard InChI is InChI=1S/C14H20N2O3/c1-16-7-5-11(6-8-16)14(18)12-3-2-4-13(15-12)19-10-9-17/h2-4,11,17H,5-10H2,1H3. The Morgan fingerprint density at radius 1 is 1.47 bits per heavy atom. The Bertz CT molecular complexity index is 428. The maximum absolute atomic E-state index is 12.3. The van der Waals surface area contributed by atoms with Crippen LogP contribution >= 0.6 is 0 Å². The average molecular weight is 264 g/mol. The van der Waals surface area contributed by atoms with Crippen LogP contribution in [0.1, 0.15) is 23.3 Å². The van der Waals surface area contributed by atoms with E-state index < -0.39 is 0 Å². The van der Waals surface area contributed by atoms with Gasteiger partial charge < -0.3 is 14.7 Å². The van der Waals surface area contributed by atoms with Crippen LogP contribution < -0.4 is 4.74 Å². The van der Waals surface area contributed by atoms with Gasteiger partial charge in [0.2, 0.25) is 5.88 Å². The molecule has 104 valence electrons. The highest BCUT2D eigenvalue weighted by Crippen LogP contribution is 2.21. The van der Waals surface area contributed by atoms with Gasteiger partial charge in [-0.2, -0.15) is 0 Å². The predicted octanol–water partition coefficient (Wildman–Crippen LogP) is 0.977. The Balaban J connectivity index is 2.02. The van der Waals surface area contributed by atoms with Crippen LogP contribution in [0, 0.1) is 5.92 Å². The number of piperidine rings is 1. The van der Waals surface area contributed by atoms with Gasteiger partial charge in [-0.05, 0) is 39.0 Å². The number of carbonyl (C=O) groups excluding carboxylic acids is 1. The molecule has 0 aromatic carbocycles. The fourth-order valence-electron chi connectivity index (χ4n) is 2.26. The first-order valence-corrected chi connectivity index (χ1v) is 6.64. The third-order valence-electron chi connectivity index (χ3n) is 3.41. The summed E-state index contributed by atoms with van der Waals surface area (Å²) < 4.78 is 5.23. The zero-order valence-corrected chi connectivity index (χ0v) is 11.2. The molecular formula is C14H20N2O3. The number of carbonyl (C=O) groups is 1. The lowest BCUT2D eigenvalue weighted by atomic mass is 9.91. The Kier molecular flexibility index (Phi) is 4.87. The lowest BCUT2D eigenvalue weighted by Crippen LogP contribution is -2.33. The van der Waals surface area contributed by atoms with E-state index in [0.29, 0.717) is 11.6 Å². The summed E-state index contributed by atoms with van der Waals surface area (Å²) in [5.41, 5.74) is 0.463. The molecule has 2 rings (SSSR count). The third-order valence-corrected chi connectivity index (χ3v) is 3.41. The Labute approximate surface area is 113 Å². The van der Waals surface area contributed by atoms with Gasteiger partial charge in [-0.1, -0.05) is 6.07 Å². The van der Waals surface area contributed by atoms with Crippen LogP contribution in [0.3, 0.4) is 0 Å². The first-order valence-electron chi connectivity index (χ1n) is 6.64. The van der Waals surface area contributed by atoms with Crippen molar-refractivity contribution < 1.29 is 14.6 Å². The first kappa shape index (κ1) is 14.0. The van der Waals surface area contributed by atoms with Crippen molar-refractivity contribution in [3.8, 4) is 5.88 Å². The minimum atomic E-state index is -0.0607. The van der Waals surface area contributed by atoms with Crippen molar-refractivity contribution in [1.29, 1.82) is 0 Å². The molecule has 1 saturated heterocycles.